The van der Waals surface area contributed by atoms with Crippen LogP contribution in [0.25, 0.3) is 0 Å². The Hall–Kier alpha value is 0.150. The van der Waals surface area contributed by atoms with Crippen LogP contribution < -0.4 is 4.89 Å². The minimum Gasteiger partial charge on any atom is -0.779 e. The van der Waals surface area contributed by atoms with Gasteiger partial charge in [0, 0.05) is 13.8 Å². The van der Waals surface area contributed by atoms with Crippen molar-refractivity contribution in [1.82, 2.24) is 0 Å². The van der Waals surface area contributed by atoms with Gasteiger partial charge in [-0.15, -0.1) is 0 Å². The molecule has 3 nitrogen and oxygen atoms in total. The molecule has 0 heterocycles. The molecular formula is C2H6O3P-. The van der Waals surface area contributed by atoms with E-state index in [0.717, 1.165) is 13.8 Å². The fraction of sp³-hybridized carbons (Fsp3) is 1.00. The van der Waals surface area contributed by atoms with E-state index in [1.165, 1.54) is 0 Å². The van der Waals surface area contributed by atoms with Crippen LogP contribution in [0, 0.1) is 0 Å². The standard InChI is InChI=1S/C2H7O3P/c1-5-6(2,3)4/h1-2H3,(H,3,4)/p-1. The maximum Gasteiger partial charge on any atom is 0.131 e. The molecule has 0 saturated carbocycles. The van der Waals surface area contributed by atoms with Crippen LogP contribution in [0.3, 0.4) is 0 Å². The zero-order chi connectivity index (χ0) is 5.21. The summed E-state index contributed by atoms with van der Waals surface area (Å²) in [5.41, 5.74) is 0. The van der Waals surface area contributed by atoms with Gasteiger partial charge in [0.1, 0.15) is 7.60 Å². The Labute approximate surface area is 36.5 Å². The molecule has 0 aromatic rings. The summed E-state index contributed by atoms with van der Waals surface area (Å²) in [5, 5.41) is 0. The summed E-state index contributed by atoms with van der Waals surface area (Å²) in [5.74, 6) is 0. The Morgan fingerprint density at radius 1 is 1.83 bits per heavy atom. The second-order valence-electron chi connectivity index (χ2n) is 0.954. The minimum atomic E-state index is -3.40. The summed E-state index contributed by atoms with van der Waals surface area (Å²) >= 11 is 0. The van der Waals surface area contributed by atoms with Crippen LogP contribution in [0.5, 0.6) is 0 Å². The van der Waals surface area contributed by atoms with Gasteiger partial charge in [0.2, 0.25) is 0 Å². The van der Waals surface area contributed by atoms with Gasteiger partial charge in [-0.25, -0.2) is 0 Å². The quantitative estimate of drug-likeness (QED) is 0.438. The number of hydrogen-bond acceptors (Lipinski definition) is 3. The Morgan fingerprint density at radius 2 is 2.00 bits per heavy atom. The van der Waals surface area contributed by atoms with Crippen LogP contribution in [0.15, 0.2) is 0 Å². The fourth-order valence-electron chi connectivity index (χ4n) is 0. The topological polar surface area (TPSA) is 49.4 Å². The van der Waals surface area contributed by atoms with Gasteiger partial charge < -0.3 is 14.0 Å². The second-order valence-corrected chi connectivity index (χ2v) is 2.86. The summed E-state index contributed by atoms with van der Waals surface area (Å²) in [7, 11) is -2.26. The SMILES string of the molecule is COP(C)(=O)[O-]. The lowest BCUT2D eigenvalue weighted by molar-refractivity contribution is -0.194. The van der Waals surface area contributed by atoms with E-state index in [1.54, 1.807) is 0 Å². The summed E-state index contributed by atoms with van der Waals surface area (Å²) < 4.78 is 13.7. The molecule has 4 heteroatoms. The average molecular weight is 109 g/mol. The van der Waals surface area contributed by atoms with E-state index in [9.17, 15) is 9.46 Å². The number of rotatable bonds is 1. The van der Waals surface area contributed by atoms with E-state index < -0.39 is 7.60 Å². The van der Waals surface area contributed by atoms with E-state index in [1.807, 2.05) is 0 Å². The Kier molecular flexibility index (Phi) is 1.78. The van der Waals surface area contributed by atoms with Crippen molar-refractivity contribution in [3.05, 3.63) is 0 Å². The van der Waals surface area contributed by atoms with Crippen molar-refractivity contribution < 1.29 is 14.0 Å². The van der Waals surface area contributed by atoms with E-state index >= 15 is 0 Å². The first-order chi connectivity index (χ1) is 2.56. The van der Waals surface area contributed by atoms with Gasteiger partial charge in [0.05, 0.1) is 0 Å². The zero-order valence-corrected chi connectivity index (χ0v) is 4.57. The highest BCUT2D eigenvalue weighted by atomic mass is 31.2. The molecule has 0 spiro atoms. The van der Waals surface area contributed by atoms with Gasteiger partial charge in [-0.2, -0.15) is 0 Å². The fourth-order valence-corrected chi connectivity index (χ4v) is 0. The van der Waals surface area contributed by atoms with Crippen molar-refractivity contribution in [1.29, 1.82) is 0 Å². The first-order valence-corrected chi connectivity index (χ1v) is 3.39. The lowest BCUT2D eigenvalue weighted by Gasteiger charge is -2.12. The lowest BCUT2D eigenvalue weighted by atomic mass is 11.8. The van der Waals surface area contributed by atoms with E-state index in [0.29, 0.717) is 0 Å². The predicted octanol–water partition coefficient (Wildman–Crippen LogP) is -0.184. The van der Waals surface area contributed by atoms with Crippen LogP contribution in [0.2, 0.25) is 0 Å². The molecule has 38 valence electrons. The van der Waals surface area contributed by atoms with Crippen LogP contribution in [-0.4, -0.2) is 13.8 Å². The molecule has 0 aromatic carbocycles. The molecule has 1 atom stereocenters. The van der Waals surface area contributed by atoms with Gasteiger partial charge in [0.25, 0.3) is 0 Å². The van der Waals surface area contributed by atoms with E-state index in [-0.39, 0.29) is 0 Å². The van der Waals surface area contributed by atoms with Gasteiger partial charge in [0.15, 0.2) is 0 Å². The molecule has 0 bridgehead atoms. The van der Waals surface area contributed by atoms with Crippen molar-refractivity contribution in [2.45, 2.75) is 0 Å². The summed E-state index contributed by atoms with van der Waals surface area (Å²) in [4.78, 5) is 9.81. The van der Waals surface area contributed by atoms with Crippen molar-refractivity contribution in [3.63, 3.8) is 0 Å². The smallest absolute Gasteiger partial charge is 0.131 e. The third-order valence-electron chi connectivity index (χ3n) is 0.332. The highest BCUT2D eigenvalue weighted by Gasteiger charge is 1.87. The van der Waals surface area contributed by atoms with Gasteiger partial charge in [-0.3, -0.25) is 0 Å². The molecule has 0 aliphatic rings. The van der Waals surface area contributed by atoms with E-state index in [2.05, 4.69) is 4.52 Å². The summed E-state index contributed by atoms with van der Waals surface area (Å²) in [6.45, 7) is 1.02. The molecule has 0 N–H and O–H groups in total. The Balaban J connectivity index is 3.48. The van der Waals surface area contributed by atoms with Gasteiger partial charge >= 0.3 is 0 Å². The number of hydrogen-bond donors (Lipinski definition) is 0. The first-order valence-electron chi connectivity index (χ1n) is 1.40. The normalized spacial score (nSPS) is 19.8. The molecule has 0 aliphatic carbocycles. The maximum absolute atomic E-state index is 9.81. The Morgan fingerprint density at radius 3 is 2.00 bits per heavy atom. The molecule has 6 heavy (non-hydrogen) atoms. The minimum absolute atomic E-state index is 1.02. The molecule has 0 amide bonds. The zero-order valence-electron chi connectivity index (χ0n) is 3.67. The highest BCUT2D eigenvalue weighted by Crippen LogP contribution is 2.28. The molecule has 0 saturated heterocycles. The molecule has 0 aromatic heterocycles. The van der Waals surface area contributed by atoms with Gasteiger partial charge in [-0.05, 0) is 0 Å². The molecule has 0 aliphatic heterocycles. The summed E-state index contributed by atoms with van der Waals surface area (Å²) in [6, 6.07) is 0. The van der Waals surface area contributed by atoms with Gasteiger partial charge in [-0.1, -0.05) is 0 Å². The van der Waals surface area contributed by atoms with Crippen LogP contribution >= 0.6 is 7.60 Å². The maximum atomic E-state index is 9.81. The van der Waals surface area contributed by atoms with Crippen molar-refractivity contribution in [2.24, 2.45) is 0 Å². The first kappa shape index (κ1) is 6.15. The third kappa shape index (κ3) is 4.15. The third-order valence-corrected chi connectivity index (χ3v) is 0.995. The van der Waals surface area contributed by atoms with Crippen LogP contribution in [0.4, 0.5) is 0 Å². The monoisotopic (exact) mass is 109 g/mol. The van der Waals surface area contributed by atoms with Crippen LogP contribution in [-0.2, 0) is 9.09 Å². The van der Waals surface area contributed by atoms with Crippen LogP contribution in [0.1, 0.15) is 0 Å². The average Bonchev–Trinajstić information content (AvgIpc) is 1.35. The lowest BCUT2D eigenvalue weighted by Crippen LogP contribution is -1.98. The second kappa shape index (κ2) is 1.73. The van der Waals surface area contributed by atoms with E-state index in [4.69, 9.17) is 0 Å². The molecule has 0 radical (unpaired) electrons. The molecular weight excluding hydrogens is 103 g/mol. The molecule has 1 unspecified atom stereocenters. The predicted molar refractivity (Wildman–Crippen MR) is 20.5 cm³/mol. The largest absolute Gasteiger partial charge is 0.779 e. The highest BCUT2D eigenvalue weighted by molar-refractivity contribution is 7.50. The molecule has 0 rings (SSSR count). The Bertz CT molecular complexity index is 72.9. The van der Waals surface area contributed by atoms with Crippen molar-refractivity contribution in [3.8, 4) is 0 Å². The summed E-state index contributed by atoms with van der Waals surface area (Å²) in [6.07, 6.45) is 0. The van der Waals surface area contributed by atoms with Crippen molar-refractivity contribution in [2.75, 3.05) is 13.8 Å². The van der Waals surface area contributed by atoms with Crippen molar-refractivity contribution >= 4 is 7.60 Å². The molecule has 0 fully saturated rings.